The standard InChI is InChI=1S/C38H45N5O5/c1-23-17-26-9-8-10-27(19-26)18-24(2)40-35(44)21-33(28-13-15-30(48-5)16-14-28)42-37(46)34(43(4)38(47)25(3)41-36(23)45)20-29-22-39-32-12-7-6-11-31(29)32/h6-16,19,22-25,33-34,39H,17-18,20-21H2,1-5H3,(H,40,44)(H,41,45)(H,42,46)/t23-,24-,25-,33+,34+/m0/s1. The number of benzene rings is 3. The van der Waals surface area contributed by atoms with Crippen LogP contribution in [0.3, 0.4) is 0 Å². The number of rotatable bonds is 4. The highest BCUT2D eigenvalue weighted by atomic mass is 16.5. The van der Waals surface area contributed by atoms with Crippen LogP contribution in [0.25, 0.3) is 10.9 Å². The summed E-state index contributed by atoms with van der Waals surface area (Å²) in [6.07, 6.45) is 3.14. The number of aromatic amines is 1. The maximum atomic E-state index is 14.3. The largest absolute Gasteiger partial charge is 0.497 e. The number of likely N-dealkylation sites (N-methyl/N-ethyl adjacent to an activating group) is 1. The minimum atomic E-state index is -0.945. The number of para-hydroxylation sites is 1. The monoisotopic (exact) mass is 651 g/mol. The smallest absolute Gasteiger partial charge is 0.245 e. The highest BCUT2D eigenvalue weighted by Crippen LogP contribution is 2.24. The molecule has 2 bridgehead atoms. The average molecular weight is 652 g/mol. The van der Waals surface area contributed by atoms with Gasteiger partial charge in [-0.1, -0.05) is 61.5 Å². The first kappa shape index (κ1) is 34.2. The lowest BCUT2D eigenvalue weighted by atomic mass is 9.96. The molecule has 0 radical (unpaired) electrons. The van der Waals surface area contributed by atoms with E-state index in [9.17, 15) is 19.2 Å². The Hall–Kier alpha value is -5.12. The van der Waals surface area contributed by atoms with Crippen molar-refractivity contribution < 1.29 is 23.9 Å². The SMILES string of the molecule is COc1ccc([C@H]2CC(=O)N[C@@H](C)Cc3cccc(c3)C[C@H](C)C(=O)N[C@@H](C)C(=O)N(C)[C@H](Cc3c[nH]c4ccccc34)C(=O)N2)cc1. The average Bonchev–Trinajstić information content (AvgIpc) is 3.48. The quantitative estimate of drug-likeness (QED) is 0.262. The maximum absolute atomic E-state index is 14.3. The van der Waals surface area contributed by atoms with Crippen LogP contribution < -0.4 is 20.7 Å². The number of hydrogen-bond acceptors (Lipinski definition) is 5. The Morgan fingerprint density at radius 3 is 2.23 bits per heavy atom. The Bertz CT molecular complexity index is 1770. The van der Waals surface area contributed by atoms with E-state index in [2.05, 4.69) is 27.0 Å². The molecule has 1 aliphatic heterocycles. The van der Waals surface area contributed by atoms with Crippen LogP contribution in [0.1, 0.15) is 55.5 Å². The van der Waals surface area contributed by atoms with Crippen molar-refractivity contribution in [1.29, 1.82) is 0 Å². The number of methoxy groups -OCH3 is 1. The van der Waals surface area contributed by atoms with E-state index in [0.29, 0.717) is 18.6 Å². The molecule has 1 aromatic heterocycles. The summed E-state index contributed by atoms with van der Waals surface area (Å²) in [4.78, 5) is 59.6. The summed E-state index contributed by atoms with van der Waals surface area (Å²) in [7, 11) is 3.16. The molecule has 5 rings (SSSR count). The molecule has 10 heteroatoms. The first-order valence-electron chi connectivity index (χ1n) is 16.5. The summed E-state index contributed by atoms with van der Waals surface area (Å²) in [6, 6.07) is 20.3. The maximum Gasteiger partial charge on any atom is 0.245 e. The van der Waals surface area contributed by atoms with Gasteiger partial charge in [-0.25, -0.2) is 0 Å². The molecule has 10 nitrogen and oxygen atoms in total. The molecule has 0 unspecified atom stereocenters. The lowest BCUT2D eigenvalue weighted by Gasteiger charge is -2.31. The number of amides is 4. The highest BCUT2D eigenvalue weighted by molar-refractivity contribution is 5.93. The third kappa shape index (κ3) is 8.23. The molecule has 0 spiro atoms. The molecule has 0 saturated carbocycles. The second-order valence-corrected chi connectivity index (χ2v) is 12.9. The minimum absolute atomic E-state index is 0.0100. The summed E-state index contributed by atoms with van der Waals surface area (Å²) >= 11 is 0. The molecule has 3 aromatic carbocycles. The molecule has 2 heterocycles. The fourth-order valence-electron chi connectivity index (χ4n) is 6.40. The fraction of sp³-hybridized carbons (Fsp3) is 0.368. The predicted molar refractivity (Wildman–Crippen MR) is 185 cm³/mol. The van der Waals surface area contributed by atoms with Gasteiger partial charge >= 0.3 is 0 Å². The van der Waals surface area contributed by atoms with Gasteiger partial charge in [-0.3, -0.25) is 19.2 Å². The van der Waals surface area contributed by atoms with E-state index in [1.807, 2.05) is 74.6 Å². The van der Waals surface area contributed by atoms with Crippen molar-refractivity contribution in [3.63, 3.8) is 0 Å². The van der Waals surface area contributed by atoms with Crippen molar-refractivity contribution in [3.8, 4) is 5.75 Å². The van der Waals surface area contributed by atoms with Crippen LogP contribution in [0.15, 0.2) is 79.0 Å². The van der Waals surface area contributed by atoms with Gasteiger partial charge in [0.25, 0.3) is 0 Å². The van der Waals surface area contributed by atoms with E-state index in [-0.39, 0.29) is 30.7 Å². The molecule has 252 valence electrons. The number of hydrogen-bond donors (Lipinski definition) is 4. The molecule has 5 atom stereocenters. The number of aromatic nitrogens is 1. The Labute approximate surface area is 281 Å². The molecule has 4 aromatic rings. The van der Waals surface area contributed by atoms with Crippen LogP contribution in [0, 0.1) is 5.92 Å². The van der Waals surface area contributed by atoms with E-state index in [1.54, 1.807) is 33.2 Å². The Kier molecular flexibility index (Phi) is 10.8. The predicted octanol–water partition coefficient (Wildman–Crippen LogP) is 4.24. The number of H-pyrrole nitrogens is 1. The van der Waals surface area contributed by atoms with Gasteiger partial charge in [-0.05, 0) is 67.1 Å². The van der Waals surface area contributed by atoms with E-state index in [4.69, 9.17) is 4.74 Å². The van der Waals surface area contributed by atoms with Gasteiger partial charge in [0, 0.05) is 42.5 Å². The molecular weight excluding hydrogens is 606 g/mol. The van der Waals surface area contributed by atoms with Gasteiger partial charge in [0.2, 0.25) is 23.6 Å². The van der Waals surface area contributed by atoms with E-state index >= 15 is 0 Å². The molecule has 0 aliphatic carbocycles. The van der Waals surface area contributed by atoms with Crippen molar-refractivity contribution in [2.45, 2.75) is 70.6 Å². The highest BCUT2D eigenvalue weighted by Gasteiger charge is 2.33. The van der Waals surface area contributed by atoms with Crippen LogP contribution in [0.2, 0.25) is 0 Å². The van der Waals surface area contributed by atoms with Crippen molar-refractivity contribution in [1.82, 2.24) is 25.8 Å². The van der Waals surface area contributed by atoms with Crippen molar-refractivity contribution in [2.75, 3.05) is 14.2 Å². The molecule has 4 amide bonds. The molecule has 48 heavy (non-hydrogen) atoms. The first-order valence-corrected chi connectivity index (χ1v) is 16.5. The second kappa shape index (κ2) is 15.2. The summed E-state index contributed by atoms with van der Waals surface area (Å²) in [5.41, 5.74) is 4.54. The van der Waals surface area contributed by atoms with Gasteiger partial charge in [-0.15, -0.1) is 0 Å². The first-order chi connectivity index (χ1) is 23.0. The molecule has 0 fully saturated rings. The summed E-state index contributed by atoms with van der Waals surface area (Å²) in [6.45, 7) is 5.42. The van der Waals surface area contributed by atoms with Gasteiger partial charge in [0.15, 0.2) is 0 Å². The second-order valence-electron chi connectivity index (χ2n) is 12.9. The van der Waals surface area contributed by atoms with Crippen LogP contribution in [0.4, 0.5) is 0 Å². The zero-order valence-corrected chi connectivity index (χ0v) is 28.2. The number of nitrogens with one attached hydrogen (secondary N) is 4. The Morgan fingerprint density at radius 1 is 0.792 bits per heavy atom. The molecule has 0 saturated heterocycles. The Balaban J connectivity index is 1.51. The summed E-state index contributed by atoms with van der Waals surface area (Å²) < 4.78 is 5.34. The number of ether oxygens (including phenoxy) is 1. The van der Waals surface area contributed by atoms with Crippen LogP contribution >= 0.6 is 0 Å². The van der Waals surface area contributed by atoms with Crippen molar-refractivity contribution in [3.05, 3.63) is 101 Å². The van der Waals surface area contributed by atoms with E-state index in [0.717, 1.165) is 33.2 Å². The summed E-state index contributed by atoms with van der Waals surface area (Å²) in [5.74, 6) is -1.02. The number of fused-ring (bicyclic) bond motifs is 3. The normalized spacial score (nSPS) is 23.4. The lowest BCUT2D eigenvalue weighted by molar-refractivity contribution is -0.142. The zero-order chi connectivity index (χ0) is 34.4. The molecule has 1 aliphatic rings. The number of nitrogens with zero attached hydrogens (tertiary/aromatic N) is 1. The third-order valence-corrected chi connectivity index (χ3v) is 9.09. The third-order valence-electron chi connectivity index (χ3n) is 9.09. The van der Waals surface area contributed by atoms with Gasteiger partial charge in [0.05, 0.1) is 19.6 Å². The van der Waals surface area contributed by atoms with Crippen LogP contribution in [-0.4, -0.2) is 65.8 Å². The molecular formula is C38H45N5O5. The van der Waals surface area contributed by atoms with Crippen molar-refractivity contribution in [2.24, 2.45) is 5.92 Å². The van der Waals surface area contributed by atoms with Crippen molar-refractivity contribution >= 4 is 34.5 Å². The van der Waals surface area contributed by atoms with Gasteiger partial charge in [-0.2, -0.15) is 0 Å². The van der Waals surface area contributed by atoms with Gasteiger partial charge < -0.3 is 30.6 Å². The number of carbonyl (C=O) groups is 4. The van der Waals surface area contributed by atoms with E-state index < -0.39 is 35.9 Å². The topological polar surface area (TPSA) is 133 Å². The number of carbonyl (C=O) groups excluding carboxylic acids is 4. The Morgan fingerprint density at radius 2 is 1.50 bits per heavy atom. The lowest BCUT2D eigenvalue weighted by Crippen LogP contribution is -2.55. The zero-order valence-electron chi connectivity index (χ0n) is 28.2. The minimum Gasteiger partial charge on any atom is -0.497 e. The summed E-state index contributed by atoms with van der Waals surface area (Å²) in [5, 5.41) is 10.0. The van der Waals surface area contributed by atoms with Gasteiger partial charge in [0.1, 0.15) is 17.8 Å². The van der Waals surface area contributed by atoms with Crippen LogP contribution in [-0.2, 0) is 38.4 Å². The van der Waals surface area contributed by atoms with E-state index in [1.165, 1.54) is 4.90 Å². The van der Waals surface area contributed by atoms with Crippen LogP contribution in [0.5, 0.6) is 5.75 Å². The fourth-order valence-corrected chi connectivity index (χ4v) is 6.40. The molecule has 4 N–H and O–H groups in total.